The van der Waals surface area contributed by atoms with Gasteiger partial charge in [0.05, 0.1) is 12.8 Å². The third-order valence-electron chi connectivity index (χ3n) is 10.3. The van der Waals surface area contributed by atoms with Crippen molar-refractivity contribution in [2.75, 3.05) is 55.9 Å². The molecule has 1 aromatic heterocycles. The number of imidazole rings is 1. The van der Waals surface area contributed by atoms with E-state index in [9.17, 15) is 9.59 Å². The van der Waals surface area contributed by atoms with Crippen molar-refractivity contribution in [3.05, 3.63) is 18.2 Å². The molecule has 0 aliphatic heterocycles. The minimum Gasteiger partial charge on any atom is -0.465 e. The van der Waals surface area contributed by atoms with Crippen LogP contribution in [0.3, 0.4) is 0 Å². The normalized spacial score (nSPS) is 11.5. The number of hydrogen-bond acceptors (Lipinski definition) is 8. The van der Waals surface area contributed by atoms with Crippen LogP contribution in [-0.2, 0) is 25.6 Å². The number of aromatic nitrogens is 2. The van der Waals surface area contributed by atoms with Gasteiger partial charge in [0.2, 0.25) is 0 Å². The minimum absolute atomic E-state index is 0.149. The van der Waals surface area contributed by atoms with Crippen LogP contribution < -0.4 is 0 Å². The van der Waals surface area contributed by atoms with Crippen LogP contribution in [-0.4, -0.2) is 82.2 Å². The molecule has 1 rings (SSSR count). The molecule has 0 amide bonds. The molecule has 0 aliphatic rings. The summed E-state index contributed by atoms with van der Waals surface area (Å²) in [6.07, 6.45) is 38.4. The molecule has 0 aliphatic carbocycles. The summed E-state index contributed by atoms with van der Waals surface area (Å²) in [5.41, 5.74) is 0. The molecular formula is C45H85N3O4S2. The van der Waals surface area contributed by atoms with E-state index in [0.717, 1.165) is 48.3 Å². The molecule has 0 spiro atoms. The maximum Gasteiger partial charge on any atom is 0.307 e. The number of thioether (sulfide) groups is 2. The average molecular weight is 796 g/mol. The summed E-state index contributed by atoms with van der Waals surface area (Å²) in [6.45, 7) is 10.4. The molecule has 0 saturated carbocycles. The first kappa shape index (κ1) is 50.8. The van der Waals surface area contributed by atoms with Crippen molar-refractivity contribution < 1.29 is 19.1 Å². The smallest absolute Gasteiger partial charge is 0.307 e. The molecule has 0 N–H and O–H groups in total. The van der Waals surface area contributed by atoms with E-state index in [1.54, 1.807) is 0 Å². The molecule has 54 heavy (non-hydrogen) atoms. The van der Waals surface area contributed by atoms with Crippen LogP contribution in [0.4, 0.5) is 0 Å². The number of rotatable bonds is 42. The summed E-state index contributed by atoms with van der Waals surface area (Å²) < 4.78 is 13.3. The van der Waals surface area contributed by atoms with Gasteiger partial charge in [-0.2, -0.15) is 23.5 Å². The minimum atomic E-state index is -0.149. The van der Waals surface area contributed by atoms with Crippen LogP contribution in [0.2, 0.25) is 0 Å². The molecule has 0 radical (unpaired) electrons. The number of carbonyl (C=O) groups is 2. The SMILES string of the molecule is CCCCCCCCCCCCCCSCCOC(=O)CCN(CCCn1ccnc1C)CCC(=O)OCCSCCCCCCCCCCCCCC. The summed E-state index contributed by atoms with van der Waals surface area (Å²) in [7, 11) is 0. The molecule has 316 valence electrons. The molecule has 9 heteroatoms. The Bertz CT molecular complexity index is 911. The van der Waals surface area contributed by atoms with Crippen LogP contribution in [0.5, 0.6) is 0 Å². The van der Waals surface area contributed by atoms with Crippen molar-refractivity contribution >= 4 is 35.5 Å². The van der Waals surface area contributed by atoms with E-state index in [1.165, 1.54) is 154 Å². The summed E-state index contributed by atoms with van der Waals surface area (Å²) >= 11 is 3.79. The monoisotopic (exact) mass is 796 g/mol. The molecule has 1 aromatic rings. The van der Waals surface area contributed by atoms with Crippen molar-refractivity contribution in [3.63, 3.8) is 0 Å². The van der Waals surface area contributed by atoms with Crippen LogP contribution in [0.25, 0.3) is 0 Å². The average Bonchev–Trinajstić information content (AvgIpc) is 3.59. The highest BCUT2D eigenvalue weighted by Crippen LogP contribution is 2.15. The molecule has 0 saturated heterocycles. The van der Waals surface area contributed by atoms with Gasteiger partial charge in [0.1, 0.15) is 19.0 Å². The van der Waals surface area contributed by atoms with E-state index in [1.807, 2.05) is 42.8 Å². The standard InChI is InChI=1S/C45H85N3O4S2/c1-4-6-8-10-12-14-16-18-20-22-24-26-39-53-41-37-51-44(49)29-34-47(32-28-33-48-36-31-46-43(48)3)35-30-45(50)52-38-42-54-40-27-25-23-21-19-17-15-13-11-9-7-5-2/h31,36H,4-30,32-35,37-42H2,1-3H3. The fourth-order valence-corrected chi connectivity index (χ4v) is 8.43. The van der Waals surface area contributed by atoms with Crippen LogP contribution in [0.1, 0.15) is 193 Å². The largest absolute Gasteiger partial charge is 0.465 e. The van der Waals surface area contributed by atoms with Crippen molar-refractivity contribution in [1.29, 1.82) is 0 Å². The quantitative estimate of drug-likeness (QED) is 0.0478. The van der Waals surface area contributed by atoms with E-state index >= 15 is 0 Å². The predicted molar refractivity (Wildman–Crippen MR) is 236 cm³/mol. The van der Waals surface area contributed by atoms with Gasteiger partial charge in [0, 0.05) is 43.5 Å². The van der Waals surface area contributed by atoms with Crippen molar-refractivity contribution in [2.24, 2.45) is 0 Å². The van der Waals surface area contributed by atoms with Gasteiger partial charge in [0.25, 0.3) is 0 Å². The third-order valence-corrected chi connectivity index (χ3v) is 12.4. The zero-order chi connectivity index (χ0) is 39.0. The second-order valence-electron chi connectivity index (χ2n) is 15.3. The summed E-state index contributed by atoms with van der Waals surface area (Å²) in [5, 5.41) is 0. The molecule has 1 heterocycles. The fourth-order valence-electron chi connectivity index (χ4n) is 6.81. The van der Waals surface area contributed by atoms with Crippen LogP contribution in [0, 0.1) is 6.92 Å². The van der Waals surface area contributed by atoms with Gasteiger partial charge in [0.15, 0.2) is 0 Å². The third kappa shape index (κ3) is 34.1. The highest BCUT2D eigenvalue weighted by Gasteiger charge is 2.13. The number of carbonyl (C=O) groups excluding carboxylic acids is 2. The maximum absolute atomic E-state index is 12.6. The van der Waals surface area contributed by atoms with Crippen LogP contribution in [0.15, 0.2) is 12.4 Å². The Labute approximate surface area is 342 Å². The van der Waals surface area contributed by atoms with Gasteiger partial charge < -0.3 is 18.9 Å². The lowest BCUT2D eigenvalue weighted by atomic mass is 10.1. The zero-order valence-electron chi connectivity index (χ0n) is 35.6. The van der Waals surface area contributed by atoms with Crippen molar-refractivity contribution in [3.8, 4) is 0 Å². The number of aryl methyl sites for hydroxylation is 2. The van der Waals surface area contributed by atoms with Gasteiger partial charge in [-0.3, -0.25) is 9.59 Å². The highest BCUT2D eigenvalue weighted by molar-refractivity contribution is 7.99. The Kier molecular flexibility index (Phi) is 37.7. The van der Waals surface area contributed by atoms with E-state index < -0.39 is 0 Å². The summed E-state index contributed by atoms with van der Waals surface area (Å²) in [4.78, 5) is 31.6. The lowest BCUT2D eigenvalue weighted by Crippen LogP contribution is -2.31. The lowest BCUT2D eigenvalue weighted by Gasteiger charge is -2.22. The van der Waals surface area contributed by atoms with E-state index in [2.05, 4.69) is 28.3 Å². The molecule has 7 nitrogen and oxygen atoms in total. The Morgan fingerprint density at radius 1 is 0.556 bits per heavy atom. The maximum atomic E-state index is 12.6. The van der Waals surface area contributed by atoms with Gasteiger partial charge in [-0.25, -0.2) is 4.98 Å². The highest BCUT2D eigenvalue weighted by atomic mass is 32.2. The zero-order valence-corrected chi connectivity index (χ0v) is 37.2. The van der Waals surface area contributed by atoms with Gasteiger partial charge in [-0.1, -0.05) is 155 Å². The Morgan fingerprint density at radius 2 is 0.944 bits per heavy atom. The molecular weight excluding hydrogens is 711 g/mol. The Hall–Kier alpha value is -1.19. The number of esters is 2. The summed E-state index contributed by atoms with van der Waals surface area (Å²) in [6, 6.07) is 0. The first-order chi connectivity index (χ1) is 26.6. The number of hydrogen-bond donors (Lipinski definition) is 0. The molecule has 0 atom stereocenters. The van der Waals surface area contributed by atoms with E-state index in [-0.39, 0.29) is 11.9 Å². The molecule has 0 fully saturated rings. The van der Waals surface area contributed by atoms with Crippen molar-refractivity contribution in [2.45, 2.75) is 201 Å². The molecule has 0 bridgehead atoms. The number of unbranched alkanes of at least 4 members (excludes halogenated alkanes) is 22. The Balaban J connectivity index is 2.10. The predicted octanol–water partition coefficient (Wildman–Crippen LogP) is 12.6. The number of ether oxygens (including phenoxy) is 2. The summed E-state index contributed by atoms with van der Waals surface area (Å²) in [5.74, 6) is 4.72. The van der Waals surface area contributed by atoms with E-state index in [4.69, 9.17) is 9.47 Å². The first-order valence-electron chi connectivity index (χ1n) is 22.7. The van der Waals surface area contributed by atoms with Crippen molar-refractivity contribution in [1.82, 2.24) is 14.5 Å². The second-order valence-corrected chi connectivity index (χ2v) is 17.8. The van der Waals surface area contributed by atoms with Gasteiger partial charge >= 0.3 is 11.9 Å². The van der Waals surface area contributed by atoms with Gasteiger partial charge in [-0.05, 0) is 44.2 Å². The fraction of sp³-hybridized carbons (Fsp3) is 0.889. The van der Waals surface area contributed by atoms with E-state index in [0.29, 0.717) is 39.1 Å². The van der Waals surface area contributed by atoms with Crippen LogP contribution >= 0.6 is 23.5 Å². The Morgan fingerprint density at radius 3 is 1.31 bits per heavy atom. The molecule has 0 aromatic carbocycles. The second kappa shape index (κ2) is 40.0. The van der Waals surface area contributed by atoms with Gasteiger partial charge in [-0.15, -0.1) is 0 Å². The topological polar surface area (TPSA) is 73.7 Å². The molecule has 0 unspecified atom stereocenters. The lowest BCUT2D eigenvalue weighted by molar-refractivity contribution is -0.143. The number of nitrogens with zero attached hydrogens (tertiary/aromatic N) is 3. The first-order valence-corrected chi connectivity index (χ1v) is 25.0.